The van der Waals surface area contributed by atoms with E-state index in [0.29, 0.717) is 6.54 Å². The van der Waals surface area contributed by atoms with Crippen molar-refractivity contribution in [3.05, 3.63) is 33.9 Å². The van der Waals surface area contributed by atoms with Crippen LogP contribution in [0.1, 0.15) is 11.1 Å². The standard InChI is InChI=1S/C10H11BrN2/c1-6-2-3-8-7(4-12)5-13-10(8)9(6)11/h2-3,5,13H,4,12H2,1H3. The maximum atomic E-state index is 5.61. The lowest BCUT2D eigenvalue weighted by atomic mass is 10.1. The topological polar surface area (TPSA) is 41.8 Å². The minimum absolute atomic E-state index is 0.579. The molecule has 0 atom stereocenters. The Morgan fingerprint density at radius 1 is 1.46 bits per heavy atom. The Morgan fingerprint density at radius 3 is 2.92 bits per heavy atom. The number of rotatable bonds is 1. The number of fused-ring (bicyclic) bond motifs is 1. The van der Waals surface area contributed by atoms with Gasteiger partial charge in [0.1, 0.15) is 0 Å². The number of hydrogen-bond acceptors (Lipinski definition) is 1. The lowest BCUT2D eigenvalue weighted by Gasteiger charge is -1.99. The summed E-state index contributed by atoms with van der Waals surface area (Å²) in [6.45, 7) is 2.65. The fourth-order valence-electron chi connectivity index (χ4n) is 1.49. The summed E-state index contributed by atoms with van der Waals surface area (Å²) in [5, 5.41) is 1.21. The molecule has 13 heavy (non-hydrogen) atoms. The second kappa shape index (κ2) is 3.16. The lowest BCUT2D eigenvalue weighted by molar-refractivity contribution is 1.08. The normalized spacial score (nSPS) is 11.0. The van der Waals surface area contributed by atoms with Gasteiger partial charge in [-0.25, -0.2) is 0 Å². The molecule has 1 aromatic heterocycles. The van der Waals surface area contributed by atoms with E-state index in [1.165, 1.54) is 10.9 Å². The minimum atomic E-state index is 0.579. The highest BCUT2D eigenvalue weighted by atomic mass is 79.9. The smallest absolute Gasteiger partial charge is 0.0604 e. The molecule has 0 bridgehead atoms. The summed E-state index contributed by atoms with van der Waals surface area (Å²) in [6.07, 6.45) is 1.97. The Morgan fingerprint density at radius 2 is 2.23 bits per heavy atom. The van der Waals surface area contributed by atoms with Crippen LogP contribution in [0.5, 0.6) is 0 Å². The van der Waals surface area contributed by atoms with Crippen molar-refractivity contribution in [3.63, 3.8) is 0 Å². The molecular weight excluding hydrogens is 228 g/mol. The predicted molar refractivity (Wildman–Crippen MR) is 58.6 cm³/mol. The minimum Gasteiger partial charge on any atom is -0.360 e. The van der Waals surface area contributed by atoms with E-state index in [9.17, 15) is 0 Å². The fourth-order valence-corrected chi connectivity index (χ4v) is 1.96. The molecule has 1 aromatic carbocycles. The van der Waals surface area contributed by atoms with Crippen LogP contribution in [0, 0.1) is 6.92 Å². The van der Waals surface area contributed by atoms with Gasteiger partial charge < -0.3 is 10.7 Å². The first kappa shape index (κ1) is 8.78. The van der Waals surface area contributed by atoms with Gasteiger partial charge in [0.05, 0.1) is 5.52 Å². The molecule has 1 heterocycles. The average Bonchev–Trinajstić information content (AvgIpc) is 2.55. The number of halogens is 1. The number of nitrogens with two attached hydrogens (primary N) is 1. The third-order valence-corrected chi connectivity index (χ3v) is 3.31. The number of H-pyrrole nitrogens is 1. The van der Waals surface area contributed by atoms with Crippen molar-refractivity contribution in [1.82, 2.24) is 4.98 Å². The van der Waals surface area contributed by atoms with E-state index in [-0.39, 0.29) is 0 Å². The highest BCUT2D eigenvalue weighted by molar-refractivity contribution is 9.10. The Hall–Kier alpha value is -0.800. The molecule has 2 nitrogen and oxygen atoms in total. The maximum Gasteiger partial charge on any atom is 0.0604 e. The van der Waals surface area contributed by atoms with Crippen LogP contribution in [0.4, 0.5) is 0 Å². The first-order valence-corrected chi connectivity index (χ1v) is 4.98. The van der Waals surface area contributed by atoms with Crippen LogP contribution in [0.2, 0.25) is 0 Å². The molecule has 3 N–H and O–H groups in total. The molecule has 0 saturated heterocycles. The van der Waals surface area contributed by atoms with Crippen molar-refractivity contribution < 1.29 is 0 Å². The van der Waals surface area contributed by atoms with Crippen molar-refractivity contribution in [3.8, 4) is 0 Å². The van der Waals surface area contributed by atoms with Gasteiger partial charge in [-0.2, -0.15) is 0 Å². The van der Waals surface area contributed by atoms with Gasteiger partial charge in [-0.1, -0.05) is 12.1 Å². The highest BCUT2D eigenvalue weighted by Gasteiger charge is 2.06. The van der Waals surface area contributed by atoms with Crippen molar-refractivity contribution in [2.45, 2.75) is 13.5 Å². The molecular formula is C10H11BrN2. The van der Waals surface area contributed by atoms with Gasteiger partial charge in [0.25, 0.3) is 0 Å². The van der Waals surface area contributed by atoms with Crippen LogP contribution in [-0.2, 0) is 6.54 Å². The third kappa shape index (κ3) is 1.28. The summed E-state index contributed by atoms with van der Waals surface area (Å²) >= 11 is 3.55. The molecule has 0 aliphatic heterocycles. The number of hydrogen-bond donors (Lipinski definition) is 2. The molecule has 2 rings (SSSR count). The first-order valence-electron chi connectivity index (χ1n) is 4.19. The van der Waals surface area contributed by atoms with Gasteiger partial charge in [-0.3, -0.25) is 0 Å². The van der Waals surface area contributed by atoms with Gasteiger partial charge in [0, 0.05) is 22.6 Å². The highest BCUT2D eigenvalue weighted by Crippen LogP contribution is 2.28. The number of nitrogens with one attached hydrogen (secondary N) is 1. The van der Waals surface area contributed by atoms with Crippen LogP contribution >= 0.6 is 15.9 Å². The maximum absolute atomic E-state index is 5.61. The number of benzene rings is 1. The molecule has 0 fully saturated rings. The zero-order valence-corrected chi connectivity index (χ0v) is 8.98. The SMILES string of the molecule is Cc1ccc2c(CN)c[nH]c2c1Br. The molecule has 0 saturated carbocycles. The predicted octanol–water partition coefficient (Wildman–Crippen LogP) is 2.70. The molecule has 68 valence electrons. The monoisotopic (exact) mass is 238 g/mol. The quantitative estimate of drug-likeness (QED) is 0.789. The summed E-state index contributed by atoms with van der Waals surface area (Å²) in [7, 11) is 0. The number of aryl methyl sites for hydroxylation is 1. The largest absolute Gasteiger partial charge is 0.360 e. The van der Waals surface area contributed by atoms with Crippen molar-refractivity contribution in [2.75, 3.05) is 0 Å². The van der Waals surface area contributed by atoms with E-state index < -0.39 is 0 Å². The molecule has 0 amide bonds. The summed E-state index contributed by atoms with van der Waals surface area (Å²) in [5.41, 5.74) is 9.15. The van der Waals surface area contributed by atoms with E-state index in [2.05, 4.69) is 40.0 Å². The molecule has 0 spiro atoms. The Bertz CT molecular complexity index is 445. The van der Waals surface area contributed by atoms with Crippen LogP contribution < -0.4 is 5.73 Å². The lowest BCUT2D eigenvalue weighted by Crippen LogP contribution is -1.93. The van der Waals surface area contributed by atoms with Crippen molar-refractivity contribution >= 4 is 26.8 Å². The van der Waals surface area contributed by atoms with Crippen LogP contribution in [0.25, 0.3) is 10.9 Å². The summed E-state index contributed by atoms with van der Waals surface area (Å²) in [4.78, 5) is 3.22. The summed E-state index contributed by atoms with van der Waals surface area (Å²) in [5.74, 6) is 0. The summed E-state index contributed by atoms with van der Waals surface area (Å²) < 4.78 is 1.13. The Balaban J connectivity index is 2.81. The zero-order valence-electron chi connectivity index (χ0n) is 7.39. The summed E-state index contributed by atoms with van der Waals surface area (Å²) in [6, 6.07) is 4.20. The second-order valence-corrected chi connectivity index (χ2v) is 3.93. The molecule has 0 unspecified atom stereocenters. The van der Waals surface area contributed by atoms with Gasteiger partial charge >= 0.3 is 0 Å². The van der Waals surface area contributed by atoms with Crippen LogP contribution in [0.15, 0.2) is 22.8 Å². The second-order valence-electron chi connectivity index (χ2n) is 3.14. The van der Waals surface area contributed by atoms with Crippen molar-refractivity contribution in [2.24, 2.45) is 5.73 Å². The van der Waals surface area contributed by atoms with Crippen molar-refractivity contribution in [1.29, 1.82) is 0 Å². The Kier molecular flexibility index (Phi) is 2.14. The zero-order chi connectivity index (χ0) is 9.42. The molecule has 2 aromatic rings. The third-order valence-electron chi connectivity index (χ3n) is 2.29. The van der Waals surface area contributed by atoms with Gasteiger partial charge in [-0.15, -0.1) is 0 Å². The molecule has 0 aliphatic carbocycles. The van der Waals surface area contributed by atoms with E-state index >= 15 is 0 Å². The van der Waals surface area contributed by atoms with E-state index in [4.69, 9.17) is 5.73 Å². The van der Waals surface area contributed by atoms with Gasteiger partial charge in [0.2, 0.25) is 0 Å². The number of aromatic nitrogens is 1. The molecule has 3 heteroatoms. The van der Waals surface area contributed by atoms with Gasteiger partial charge in [0.15, 0.2) is 0 Å². The van der Waals surface area contributed by atoms with E-state index in [1.54, 1.807) is 0 Å². The van der Waals surface area contributed by atoms with Crippen LogP contribution in [-0.4, -0.2) is 4.98 Å². The molecule has 0 radical (unpaired) electrons. The van der Waals surface area contributed by atoms with Gasteiger partial charge in [-0.05, 0) is 34.0 Å². The van der Waals surface area contributed by atoms with E-state index in [1.807, 2.05) is 6.20 Å². The van der Waals surface area contributed by atoms with E-state index in [0.717, 1.165) is 15.6 Å². The fraction of sp³-hybridized carbons (Fsp3) is 0.200. The number of aromatic amines is 1. The van der Waals surface area contributed by atoms with Crippen LogP contribution in [0.3, 0.4) is 0 Å². The molecule has 0 aliphatic rings. The average molecular weight is 239 g/mol. The first-order chi connectivity index (χ1) is 6.24. The Labute approximate surface area is 85.3 Å².